The molecule has 0 aliphatic heterocycles. The Labute approximate surface area is 156 Å². The number of aromatic nitrogens is 1. The number of thioether (sulfide) groups is 1. The fourth-order valence-corrected chi connectivity index (χ4v) is 3.17. The summed E-state index contributed by atoms with van der Waals surface area (Å²) in [5.74, 6) is 1.19. The summed E-state index contributed by atoms with van der Waals surface area (Å²) in [5, 5.41) is 12.9. The molecule has 134 valence electrons. The van der Waals surface area contributed by atoms with E-state index in [1.165, 1.54) is 0 Å². The number of aliphatic hydroxyl groups is 1. The van der Waals surface area contributed by atoms with Crippen LogP contribution in [0.1, 0.15) is 16.1 Å². The lowest BCUT2D eigenvalue weighted by molar-refractivity contribution is 0.0772. The lowest BCUT2D eigenvalue weighted by Crippen LogP contribution is -2.25. The normalized spacial score (nSPS) is 10.7. The summed E-state index contributed by atoms with van der Waals surface area (Å²) in [5.41, 5.74) is 2.35. The van der Waals surface area contributed by atoms with Crippen molar-refractivity contribution in [2.24, 2.45) is 0 Å². The maximum Gasteiger partial charge on any atom is 0.254 e. The molecule has 26 heavy (non-hydrogen) atoms. The van der Waals surface area contributed by atoms with Gasteiger partial charge in [0.1, 0.15) is 5.69 Å². The van der Waals surface area contributed by atoms with E-state index < -0.39 is 0 Å². The molecule has 1 N–H and O–H groups in total. The fraction of sp³-hybridized carbons (Fsp3) is 0.200. The average molecular weight is 368 g/mol. The number of carbonyl (C=O) groups is 1. The number of benzene rings is 2. The van der Waals surface area contributed by atoms with Gasteiger partial charge >= 0.3 is 0 Å². The first kappa shape index (κ1) is 18.2. The van der Waals surface area contributed by atoms with Crippen LogP contribution in [0.2, 0.25) is 0 Å². The Morgan fingerprint density at radius 1 is 1.15 bits per heavy atom. The molecule has 3 rings (SSSR count). The predicted octanol–water partition coefficient (Wildman–Crippen LogP) is 3.70. The largest absolute Gasteiger partial charge is 0.396 e. The first-order valence-electron chi connectivity index (χ1n) is 8.27. The molecule has 5 nitrogen and oxygen atoms in total. The van der Waals surface area contributed by atoms with E-state index in [0.717, 1.165) is 16.2 Å². The molecule has 0 atom stereocenters. The minimum atomic E-state index is -0.0821. The molecule has 0 spiro atoms. The van der Waals surface area contributed by atoms with Crippen LogP contribution in [0.3, 0.4) is 0 Å². The van der Waals surface area contributed by atoms with Crippen molar-refractivity contribution in [3.8, 4) is 11.3 Å². The summed E-state index contributed by atoms with van der Waals surface area (Å²) in [6.07, 6.45) is 0. The van der Waals surface area contributed by atoms with Crippen LogP contribution >= 0.6 is 11.8 Å². The maximum absolute atomic E-state index is 12.6. The molecule has 6 heteroatoms. The van der Waals surface area contributed by atoms with E-state index in [-0.39, 0.29) is 12.5 Å². The first-order valence-corrected chi connectivity index (χ1v) is 9.26. The van der Waals surface area contributed by atoms with Gasteiger partial charge in [0.25, 0.3) is 5.91 Å². The van der Waals surface area contributed by atoms with Gasteiger partial charge < -0.3 is 14.5 Å². The quantitative estimate of drug-likeness (QED) is 0.644. The molecule has 0 bridgehead atoms. The van der Waals surface area contributed by atoms with E-state index in [0.29, 0.717) is 23.6 Å². The summed E-state index contributed by atoms with van der Waals surface area (Å²) in [4.78, 5) is 15.2. The zero-order valence-electron chi connectivity index (χ0n) is 14.5. The Morgan fingerprint density at radius 3 is 2.58 bits per heavy atom. The Hall–Kier alpha value is -2.57. The smallest absolute Gasteiger partial charge is 0.254 e. The summed E-state index contributed by atoms with van der Waals surface area (Å²) in [7, 11) is 1.74. The molecular weight excluding hydrogens is 348 g/mol. The van der Waals surface area contributed by atoms with Gasteiger partial charge in [-0.05, 0) is 24.3 Å². The monoisotopic (exact) mass is 368 g/mol. The molecule has 2 aromatic carbocycles. The fourth-order valence-electron chi connectivity index (χ4n) is 2.52. The van der Waals surface area contributed by atoms with E-state index >= 15 is 0 Å². The molecule has 0 saturated carbocycles. The van der Waals surface area contributed by atoms with Crippen molar-refractivity contribution in [1.29, 1.82) is 0 Å². The maximum atomic E-state index is 12.6. The third kappa shape index (κ3) is 4.53. The highest BCUT2D eigenvalue weighted by Gasteiger charge is 2.15. The van der Waals surface area contributed by atoms with Gasteiger partial charge in [-0.15, -0.1) is 11.8 Å². The van der Waals surface area contributed by atoms with Crippen molar-refractivity contribution in [3.05, 3.63) is 72.0 Å². The molecule has 1 heterocycles. The number of nitrogens with zero attached hydrogens (tertiary/aromatic N) is 2. The minimum absolute atomic E-state index is 0.0821. The average Bonchev–Trinajstić information content (AvgIpc) is 3.15. The number of hydrogen-bond donors (Lipinski definition) is 1. The molecule has 0 saturated heterocycles. The highest BCUT2D eigenvalue weighted by Crippen LogP contribution is 2.21. The van der Waals surface area contributed by atoms with E-state index in [2.05, 4.69) is 5.16 Å². The van der Waals surface area contributed by atoms with Crippen molar-refractivity contribution < 1.29 is 14.4 Å². The SMILES string of the molecule is CN(Cc1cc(-c2ccccc2)no1)C(=O)c1ccc(SCCO)cc1. The molecule has 0 aliphatic carbocycles. The number of amides is 1. The number of aliphatic hydroxyl groups excluding tert-OH is 1. The highest BCUT2D eigenvalue weighted by molar-refractivity contribution is 7.99. The molecule has 1 amide bonds. The van der Waals surface area contributed by atoms with Gasteiger partial charge in [0.15, 0.2) is 5.76 Å². The lowest BCUT2D eigenvalue weighted by atomic mass is 10.1. The van der Waals surface area contributed by atoms with Crippen molar-refractivity contribution in [3.63, 3.8) is 0 Å². The highest BCUT2D eigenvalue weighted by atomic mass is 32.2. The van der Waals surface area contributed by atoms with E-state index in [9.17, 15) is 4.79 Å². The number of hydrogen-bond acceptors (Lipinski definition) is 5. The number of rotatable bonds is 7. The van der Waals surface area contributed by atoms with Gasteiger partial charge in [-0.25, -0.2) is 0 Å². The topological polar surface area (TPSA) is 66.6 Å². The summed E-state index contributed by atoms with van der Waals surface area (Å²) < 4.78 is 5.37. The molecule has 0 aliphatic rings. The number of carbonyl (C=O) groups excluding carboxylic acids is 1. The Bertz CT molecular complexity index is 847. The van der Waals surface area contributed by atoms with E-state index in [4.69, 9.17) is 9.63 Å². The Balaban J connectivity index is 1.63. The Kier molecular flexibility index (Phi) is 6.09. The van der Waals surface area contributed by atoms with Crippen LogP contribution in [0.25, 0.3) is 11.3 Å². The van der Waals surface area contributed by atoms with Gasteiger partial charge in [0.05, 0.1) is 13.2 Å². The van der Waals surface area contributed by atoms with Crippen LogP contribution in [-0.4, -0.2) is 40.5 Å². The van der Waals surface area contributed by atoms with Gasteiger partial charge in [-0.3, -0.25) is 4.79 Å². The predicted molar refractivity (Wildman–Crippen MR) is 102 cm³/mol. The summed E-state index contributed by atoms with van der Waals surface area (Å²) >= 11 is 1.55. The van der Waals surface area contributed by atoms with Crippen LogP contribution in [-0.2, 0) is 6.54 Å². The van der Waals surface area contributed by atoms with Gasteiger partial charge in [-0.1, -0.05) is 35.5 Å². The summed E-state index contributed by atoms with van der Waals surface area (Å²) in [6, 6.07) is 19.0. The van der Waals surface area contributed by atoms with Crippen LogP contribution in [0.15, 0.2) is 70.1 Å². The Morgan fingerprint density at radius 2 is 1.88 bits per heavy atom. The van der Waals surface area contributed by atoms with Crippen LogP contribution < -0.4 is 0 Å². The van der Waals surface area contributed by atoms with Crippen molar-refractivity contribution >= 4 is 17.7 Å². The third-order valence-corrected chi connectivity index (χ3v) is 4.82. The van der Waals surface area contributed by atoms with Crippen LogP contribution in [0.4, 0.5) is 0 Å². The lowest BCUT2D eigenvalue weighted by Gasteiger charge is -2.15. The van der Waals surface area contributed by atoms with Gasteiger partial charge in [0.2, 0.25) is 0 Å². The first-order chi connectivity index (χ1) is 12.7. The van der Waals surface area contributed by atoms with Crippen molar-refractivity contribution in [2.45, 2.75) is 11.4 Å². The zero-order valence-corrected chi connectivity index (χ0v) is 15.3. The molecular formula is C20H20N2O3S. The second-order valence-corrected chi connectivity index (χ2v) is 6.97. The molecule has 0 unspecified atom stereocenters. The minimum Gasteiger partial charge on any atom is -0.396 e. The van der Waals surface area contributed by atoms with Gasteiger partial charge in [-0.2, -0.15) is 0 Å². The van der Waals surface area contributed by atoms with E-state index in [1.54, 1.807) is 35.8 Å². The van der Waals surface area contributed by atoms with Crippen LogP contribution in [0, 0.1) is 0 Å². The molecule has 3 aromatic rings. The summed E-state index contributed by atoms with van der Waals surface area (Å²) in [6.45, 7) is 0.482. The molecule has 1 aromatic heterocycles. The second kappa shape index (κ2) is 8.69. The van der Waals surface area contributed by atoms with Crippen molar-refractivity contribution in [1.82, 2.24) is 10.1 Å². The second-order valence-electron chi connectivity index (χ2n) is 5.80. The van der Waals surface area contributed by atoms with E-state index in [1.807, 2.05) is 48.5 Å². The molecule has 0 radical (unpaired) electrons. The van der Waals surface area contributed by atoms with Crippen LogP contribution in [0.5, 0.6) is 0 Å². The van der Waals surface area contributed by atoms with Gasteiger partial charge in [0, 0.05) is 34.9 Å². The third-order valence-electron chi connectivity index (χ3n) is 3.83. The zero-order chi connectivity index (χ0) is 18.4. The molecule has 0 fully saturated rings. The standard InChI is InChI=1S/C20H20N2O3S/c1-22(20(24)16-7-9-18(10-8-16)26-12-11-23)14-17-13-19(21-25-17)15-5-3-2-4-6-15/h2-10,13,23H,11-12,14H2,1H3. The van der Waals surface area contributed by atoms with Crippen molar-refractivity contribution in [2.75, 3.05) is 19.4 Å².